The van der Waals surface area contributed by atoms with Gasteiger partial charge in [0, 0.05) is 29.9 Å². The maximum Gasteiger partial charge on any atom is 0.439 e. The summed E-state index contributed by atoms with van der Waals surface area (Å²) in [4.78, 5) is 41.2. The first-order chi connectivity index (χ1) is 36.6. The number of nitrogens with zero attached hydrogens (tertiary/aromatic N) is 5. The molecule has 1 aliphatic rings. The molecular formula is C52H51F6N7O9S2. The fraction of sp³-hybridized carbons (Fsp3) is 0.346. The van der Waals surface area contributed by atoms with Crippen LogP contribution in [0.4, 0.5) is 26.3 Å². The number of hydrogen-bond donors (Lipinski definition) is 3. The molecule has 1 aliphatic heterocycles. The Morgan fingerprint density at radius 1 is 0.618 bits per heavy atom. The highest BCUT2D eigenvalue weighted by molar-refractivity contribution is 7.15. The van der Waals surface area contributed by atoms with Crippen LogP contribution in [0.3, 0.4) is 0 Å². The van der Waals surface area contributed by atoms with Gasteiger partial charge in [-0.1, -0.05) is 47.4 Å². The highest BCUT2D eigenvalue weighted by Crippen LogP contribution is 2.38. The summed E-state index contributed by atoms with van der Waals surface area (Å²) in [7, 11) is 2.97. The van der Waals surface area contributed by atoms with Crippen LogP contribution in [0.5, 0.6) is 23.0 Å². The van der Waals surface area contributed by atoms with Gasteiger partial charge in [-0.25, -0.2) is 19.6 Å². The van der Waals surface area contributed by atoms with Crippen LogP contribution >= 0.6 is 22.7 Å². The van der Waals surface area contributed by atoms with E-state index in [1.54, 1.807) is 36.4 Å². The Morgan fingerprint density at radius 3 is 1.43 bits per heavy atom. The predicted molar refractivity (Wildman–Crippen MR) is 271 cm³/mol. The van der Waals surface area contributed by atoms with Gasteiger partial charge in [0.15, 0.2) is 11.6 Å². The number of benzene rings is 4. The molecule has 4 aromatic heterocycles. The summed E-state index contributed by atoms with van der Waals surface area (Å²) in [5, 5.41) is 17.8. The highest BCUT2D eigenvalue weighted by Gasteiger charge is 2.31. The third-order valence-electron chi connectivity index (χ3n) is 12.1. The van der Waals surface area contributed by atoms with Crippen molar-refractivity contribution in [1.82, 2.24) is 35.1 Å². The quantitative estimate of drug-likeness (QED) is 0.0645. The summed E-state index contributed by atoms with van der Waals surface area (Å²) < 4.78 is 110. The molecule has 0 radical (unpaired) electrons. The molecule has 24 heteroatoms. The molecule has 0 aliphatic carbocycles. The first-order valence-corrected chi connectivity index (χ1v) is 25.6. The van der Waals surface area contributed by atoms with Crippen LogP contribution in [-0.4, -0.2) is 80.7 Å². The van der Waals surface area contributed by atoms with Crippen LogP contribution in [0.15, 0.2) is 104 Å². The summed E-state index contributed by atoms with van der Waals surface area (Å²) in [6.07, 6.45) is -1.13. The van der Waals surface area contributed by atoms with Gasteiger partial charge in [-0.3, -0.25) is 19.0 Å². The van der Waals surface area contributed by atoms with E-state index >= 15 is 0 Å². The number of aromatic nitrogens is 6. The third kappa shape index (κ3) is 14.3. The van der Waals surface area contributed by atoms with E-state index < -0.39 is 35.0 Å². The van der Waals surface area contributed by atoms with Crippen LogP contribution in [0.2, 0.25) is 0 Å². The van der Waals surface area contributed by atoms with Crippen LogP contribution in [-0.2, 0) is 38.4 Å². The number of aliphatic hydroxyl groups is 1. The molecule has 0 unspecified atom stereocenters. The Kier molecular flexibility index (Phi) is 18.1. The smallest absolute Gasteiger partial charge is 0.439 e. The minimum Gasteiger partial charge on any atom is -0.496 e. The molecular weight excluding hydrogens is 1040 g/mol. The van der Waals surface area contributed by atoms with Gasteiger partial charge in [0.1, 0.15) is 46.2 Å². The number of nitrogens with one attached hydrogen (secondary N) is 2. The molecule has 1 fully saturated rings. The molecule has 0 amide bonds. The molecule has 4 aromatic carbocycles. The zero-order valence-corrected chi connectivity index (χ0v) is 42.6. The first-order valence-electron chi connectivity index (χ1n) is 24.0. The number of alkyl halides is 6. The lowest BCUT2D eigenvalue weighted by Gasteiger charge is -2.19. The fourth-order valence-corrected chi connectivity index (χ4v) is 10.3. The van der Waals surface area contributed by atoms with E-state index in [4.69, 9.17) is 23.9 Å². The largest absolute Gasteiger partial charge is 0.496 e. The van der Waals surface area contributed by atoms with Gasteiger partial charge in [0.2, 0.25) is 0 Å². The van der Waals surface area contributed by atoms with Gasteiger partial charge in [-0.15, -0.1) is 22.7 Å². The maximum absolute atomic E-state index is 13.1. The molecule has 5 heterocycles. The number of likely N-dealkylation sites (tertiary alicyclic amines) is 1. The highest BCUT2D eigenvalue weighted by atomic mass is 32.1. The molecule has 402 valence electrons. The standard InChI is InChI=1S/C29H31F3N4O4S.C23H20F3N3O5S/c1-38-24-17-21(12-13-22(24)26-34-28(37)40-35-26)39-18-25-23(7-6-16-36-14-4-2-3-5-15-36)33-27(41-25)19-8-10-20(11-9-19)29(30,31)32;1-32-18-11-15(8-9-16(18)20-28-22(31)34-29-20)33-12-19-17(3-2-10-30)27-21(35-19)13-4-6-14(7-5-13)23(24,25)26/h8-13,17H,2-7,14-16,18H2,1H3,(H,34,35,37);4-9,11,30H,2-3,10,12H2,1H3,(H,28,29,31). The Morgan fingerprint density at radius 2 is 1.05 bits per heavy atom. The van der Waals surface area contributed by atoms with E-state index in [1.807, 2.05) is 0 Å². The zero-order valence-electron chi connectivity index (χ0n) is 41.0. The minimum absolute atomic E-state index is 0.0176. The SMILES string of the molecule is COc1cc(OCc2sc(-c3ccc(C(F)(F)F)cc3)nc2CCCN2CCCCCC2)ccc1-c1noc(=O)[nH]1.COc1cc(OCc2sc(-c3ccc(C(F)(F)F)cc3)nc2CCCO)ccc1-c1noc(=O)[nH]1. The number of aryl methyl sites for hydroxylation is 2. The summed E-state index contributed by atoms with van der Waals surface area (Å²) >= 11 is 2.74. The summed E-state index contributed by atoms with van der Waals surface area (Å²) in [6.45, 7) is 3.59. The van der Waals surface area contributed by atoms with Crippen molar-refractivity contribution < 1.29 is 59.4 Å². The number of ether oxygens (including phenoxy) is 4. The molecule has 3 N–H and O–H groups in total. The maximum atomic E-state index is 13.1. The molecule has 8 aromatic rings. The van der Waals surface area contributed by atoms with Gasteiger partial charge in [-0.2, -0.15) is 26.3 Å². The van der Waals surface area contributed by atoms with Crippen molar-refractivity contribution in [2.75, 3.05) is 40.5 Å². The predicted octanol–water partition coefficient (Wildman–Crippen LogP) is 11.3. The lowest BCUT2D eigenvalue weighted by atomic mass is 10.1. The zero-order chi connectivity index (χ0) is 53.8. The van der Waals surface area contributed by atoms with Gasteiger partial charge in [0.25, 0.3) is 0 Å². The Bertz CT molecular complexity index is 3270. The third-order valence-corrected chi connectivity index (χ3v) is 14.4. The van der Waals surface area contributed by atoms with Crippen molar-refractivity contribution in [2.45, 2.75) is 76.9 Å². The van der Waals surface area contributed by atoms with Crippen LogP contribution in [0, 0.1) is 0 Å². The van der Waals surface area contributed by atoms with E-state index in [9.17, 15) is 41.0 Å². The lowest BCUT2D eigenvalue weighted by molar-refractivity contribution is -0.138. The monoisotopic (exact) mass is 1100 g/mol. The van der Waals surface area contributed by atoms with E-state index in [0.717, 1.165) is 72.2 Å². The molecule has 0 spiro atoms. The molecule has 16 nitrogen and oxygen atoms in total. The number of H-pyrrole nitrogens is 2. The van der Waals surface area contributed by atoms with Crippen molar-refractivity contribution in [2.24, 2.45) is 0 Å². The van der Waals surface area contributed by atoms with Crippen LogP contribution in [0.25, 0.3) is 43.9 Å². The minimum atomic E-state index is -4.41. The van der Waals surface area contributed by atoms with Crippen molar-refractivity contribution in [3.63, 3.8) is 0 Å². The molecule has 0 atom stereocenters. The number of methoxy groups -OCH3 is 2. The van der Waals surface area contributed by atoms with Crippen molar-refractivity contribution >= 4 is 22.7 Å². The topological polar surface area (TPSA) is 204 Å². The second kappa shape index (κ2) is 25.0. The average Bonchev–Trinajstić information content (AvgIpc) is 4.21. The molecule has 9 rings (SSSR count). The number of hydrogen-bond acceptors (Lipinski definition) is 16. The summed E-state index contributed by atoms with van der Waals surface area (Å²) in [6, 6.07) is 20.0. The van der Waals surface area contributed by atoms with Crippen LogP contribution in [0.1, 0.15) is 70.8 Å². The second-order valence-corrected chi connectivity index (χ2v) is 19.5. The Labute approximate surface area is 438 Å². The number of aromatic amines is 2. The summed E-state index contributed by atoms with van der Waals surface area (Å²) in [5.74, 6) is 0.973. The number of halogens is 6. The van der Waals surface area contributed by atoms with Gasteiger partial charge in [-0.05, 0) is 107 Å². The second-order valence-electron chi connectivity index (χ2n) is 17.3. The average molecular weight is 1100 g/mol. The molecule has 0 saturated carbocycles. The van der Waals surface area contributed by atoms with Crippen LogP contribution < -0.4 is 30.5 Å². The summed E-state index contributed by atoms with van der Waals surface area (Å²) in [5.41, 5.74) is 2.44. The van der Waals surface area contributed by atoms with Crippen molar-refractivity contribution in [3.8, 4) is 66.9 Å². The van der Waals surface area contributed by atoms with E-state index in [-0.39, 0.29) is 31.5 Å². The lowest BCUT2D eigenvalue weighted by Crippen LogP contribution is -2.26. The van der Waals surface area contributed by atoms with Crippen molar-refractivity contribution in [3.05, 3.63) is 138 Å². The van der Waals surface area contributed by atoms with E-state index in [1.165, 1.54) is 86.8 Å². The van der Waals surface area contributed by atoms with Crippen molar-refractivity contribution in [1.29, 1.82) is 0 Å². The normalized spacial score (nSPS) is 13.2. The van der Waals surface area contributed by atoms with Gasteiger partial charge >= 0.3 is 23.9 Å². The van der Waals surface area contributed by atoms with E-state index in [0.29, 0.717) is 73.8 Å². The fourth-order valence-electron chi connectivity index (χ4n) is 8.21. The Balaban J connectivity index is 0.000000204. The number of thiazole rings is 2. The first kappa shape index (κ1) is 55.0. The number of aliphatic hydroxyl groups excluding tert-OH is 1. The van der Waals surface area contributed by atoms with E-state index in [2.05, 4.69) is 39.2 Å². The molecule has 1 saturated heterocycles. The number of rotatable bonds is 19. The molecule has 76 heavy (non-hydrogen) atoms. The Hall–Kier alpha value is -7.28. The molecule has 0 bridgehead atoms. The van der Waals surface area contributed by atoms with Gasteiger partial charge in [0.05, 0.1) is 57.6 Å². The van der Waals surface area contributed by atoms with Gasteiger partial charge < -0.3 is 29.0 Å².